The van der Waals surface area contributed by atoms with Crippen LogP contribution in [0.15, 0.2) is 0 Å². The molecular weight excluding hydrogens is 168 g/mol. The van der Waals surface area contributed by atoms with E-state index >= 15 is 0 Å². The average molecular weight is 182 g/mol. The van der Waals surface area contributed by atoms with E-state index in [2.05, 4.69) is 6.92 Å². The van der Waals surface area contributed by atoms with Crippen LogP contribution < -0.4 is 0 Å². The second-order valence-corrected chi connectivity index (χ2v) is 4.95. The summed E-state index contributed by atoms with van der Waals surface area (Å²) in [4.78, 5) is 11.6. The molecule has 4 atom stereocenters. The van der Waals surface area contributed by atoms with Crippen molar-refractivity contribution in [2.45, 2.75) is 50.4 Å². The largest absolute Gasteiger partial charge is 0.460 e. The fourth-order valence-electron chi connectivity index (χ4n) is 3.20. The quantitative estimate of drug-likeness (QED) is 0.529. The van der Waals surface area contributed by atoms with Gasteiger partial charge in [0.2, 0.25) is 0 Å². The average Bonchev–Trinajstić information content (AvgIpc) is 2.18. The summed E-state index contributed by atoms with van der Waals surface area (Å²) in [6, 6.07) is 0. The van der Waals surface area contributed by atoms with E-state index in [0.29, 0.717) is 5.92 Å². The van der Waals surface area contributed by atoms with Gasteiger partial charge in [-0.2, -0.15) is 0 Å². The molecular formula is C10H14O3. The Hall–Kier alpha value is -0.570. The van der Waals surface area contributed by atoms with E-state index < -0.39 is 5.60 Å². The molecule has 0 unspecified atom stereocenters. The third kappa shape index (κ3) is 0.766. The van der Waals surface area contributed by atoms with Crippen LogP contribution in [0.3, 0.4) is 0 Å². The van der Waals surface area contributed by atoms with Gasteiger partial charge in [0.15, 0.2) is 5.60 Å². The molecule has 3 saturated heterocycles. The minimum absolute atomic E-state index is 0.111. The lowest BCUT2D eigenvalue weighted by Gasteiger charge is -2.50. The Morgan fingerprint density at radius 3 is 2.85 bits per heavy atom. The lowest BCUT2D eigenvalue weighted by molar-refractivity contribution is -0.220. The Balaban J connectivity index is 2.09. The van der Waals surface area contributed by atoms with Crippen molar-refractivity contribution in [3.63, 3.8) is 0 Å². The van der Waals surface area contributed by atoms with E-state index in [1.54, 1.807) is 0 Å². The summed E-state index contributed by atoms with van der Waals surface area (Å²) >= 11 is 0. The molecule has 0 radical (unpaired) electrons. The van der Waals surface area contributed by atoms with Crippen LogP contribution in [0, 0.1) is 5.92 Å². The second-order valence-electron chi connectivity index (χ2n) is 4.95. The van der Waals surface area contributed by atoms with Gasteiger partial charge in [-0.3, -0.25) is 0 Å². The minimum Gasteiger partial charge on any atom is -0.460 e. The molecule has 0 N–H and O–H groups in total. The number of fused-ring (bicyclic) bond motifs is 1. The summed E-state index contributed by atoms with van der Waals surface area (Å²) in [5, 5.41) is 0. The molecule has 4 fully saturated rings. The molecule has 4 aliphatic rings. The normalized spacial score (nSPS) is 58.2. The maximum absolute atomic E-state index is 11.6. The molecule has 1 aliphatic carbocycles. The van der Waals surface area contributed by atoms with Crippen molar-refractivity contribution >= 4 is 5.97 Å². The van der Waals surface area contributed by atoms with Gasteiger partial charge in [0.25, 0.3) is 0 Å². The van der Waals surface area contributed by atoms with Gasteiger partial charge >= 0.3 is 5.97 Å². The monoisotopic (exact) mass is 182 g/mol. The van der Waals surface area contributed by atoms with Crippen molar-refractivity contribution in [2.75, 3.05) is 0 Å². The third-order valence-electron chi connectivity index (χ3n) is 3.90. The minimum atomic E-state index is -0.629. The van der Waals surface area contributed by atoms with Crippen molar-refractivity contribution in [3.05, 3.63) is 0 Å². The summed E-state index contributed by atoms with van der Waals surface area (Å²) in [6.45, 7) is 3.98. The zero-order valence-electron chi connectivity index (χ0n) is 8.00. The maximum atomic E-state index is 11.6. The van der Waals surface area contributed by atoms with Gasteiger partial charge in [-0.05, 0) is 26.7 Å². The van der Waals surface area contributed by atoms with Gasteiger partial charge < -0.3 is 9.47 Å². The van der Waals surface area contributed by atoms with E-state index in [4.69, 9.17) is 9.47 Å². The first-order valence-electron chi connectivity index (χ1n) is 4.95. The number of ether oxygens (including phenoxy) is 2. The Bertz CT molecular complexity index is 288. The first-order chi connectivity index (χ1) is 6.04. The summed E-state index contributed by atoms with van der Waals surface area (Å²) in [5.41, 5.74) is -0.740. The van der Waals surface area contributed by atoms with Crippen molar-refractivity contribution in [1.82, 2.24) is 0 Å². The van der Waals surface area contributed by atoms with Gasteiger partial charge in [0.05, 0.1) is 5.60 Å². The molecule has 3 heteroatoms. The standard InChI is InChI=1S/C10H14O3/c1-9-4-3-6-7(5-9)12-8(11)10(6,2)13-9/h6-7H,3-5H2,1-2H3/t6-,7+,9+,10-/m1/s1. The Labute approximate surface area is 77.4 Å². The van der Waals surface area contributed by atoms with Gasteiger partial charge in [-0.1, -0.05) is 0 Å². The van der Waals surface area contributed by atoms with Crippen molar-refractivity contribution in [1.29, 1.82) is 0 Å². The molecule has 1 saturated carbocycles. The van der Waals surface area contributed by atoms with Crippen LogP contribution in [0.1, 0.15) is 33.1 Å². The molecule has 13 heavy (non-hydrogen) atoms. The predicted octanol–water partition coefficient (Wildman–Crippen LogP) is 1.26. The van der Waals surface area contributed by atoms with Crippen molar-refractivity contribution < 1.29 is 14.3 Å². The Morgan fingerprint density at radius 1 is 1.46 bits per heavy atom. The second kappa shape index (κ2) is 1.92. The van der Waals surface area contributed by atoms with Gasteiger partial charge in [0.1, 0.15) is 6.10 Å². The van der Waals surface area contributed by atoms with Gasteiger partial charge in [-0.15, -0.1) is 0 Å². The molecule has 3 heterocycles. The molecule has 72 valence electrons. The lowest BCUT2D eigenvalue weighted by Crippen LogP contribution is -2.58. The first-order valence-corrected chi connectivity index (χ1v) is 4.95. The van der Waals surface area contributed by atoms with E-state index in [9.17, 15) is 4.79 Å². The highest BCUT2D eigenvalue weighted by atomic mass is 16.6. The van der Waals surface area contributed by atoms with Crippen LogP contribution in [0.4, 0.5) is 0 Å². The number of carbonyl (C=O) groups excluding carboxylic acids is 1. The number of hydrogen-bond acceptors (Lipinski definition) is 3. The van der Waals surface area contributed by atoms with E-state index in [-0.39, 0.29) is 17.7 Å². The van der Waals surface area contributed by atoms with Gasteiger partial charge in [-0.25, -0.2) is 4.79 Å². The van der Waals surface area contributed by atoms with E-state index in [0.717, 1.165) is 19.3 Å². The molecule has 0 aromatic heterocycles. The third-order valence-corrected chi connectivity index (χ3v) is 3.90. The topological polar surface area (TPSA) is 35.5 Å². The van der Waals surface area contributed by atoms with Crippen molar-refractivity contribution in [2.24, 2.45) is 5.92 Å². The highest BCUT2D eigenvalue weighted by Crippen LogP contribution is 2.54. The first kappa shape index (κ1) is 7.80. The van der Waals surface area contributed by atoms with Crippen LogP contribution in [0.25, 0.3) is 0 Å². The molecule has 0 amide bonds. The zero-order valence-corrected chi connectivity index (χ0v) is 8.00. The summed E-state index contributed by atoms with van der Waals surface area (Å²) in [5.74, 6) is 0.160. The fourth-order valence-corrected chi connectivity index (χ4v) is 3.20. The number of hydrogen-bond donors (Lipinski definition) is 0. The van der Waals surface area contributed by atoms with Crippen LogP contribution in [0.5, 0.6) is 0 Å². The fraction of sp³-hybridized carbons (Fsp3) is 0.900. The summed E-state index contributed by atoms with van der Waals surface area (Å²) in [7, 11) is 0. The van der Waals surface area contributed by atoms with Crippen LogP contribution in [-0.2, 0) is 14.3 Å². The molecule has 0 spiro atoms. The molecule has 3 aliphatic heterocycles. The van der Waals surface area contributed by atoms with Gasteiger partial charge in [0, 0.05) is 12.3 Å². The molecule has 0 aromatic rings. The number of rotatable bonds is 0. The number of carbonyl (C=O) groups is 1. The highest BCUT2D eigenvalue weighted by molar-refractivity contribution is 5.82. The maximum Gasteiger partial charge on any atom is 0.338 e. The predicted molar refractivity (Wildman–Crippen MR) is 45.1 cm³/mol. The van der Waals surface area contributed by atoms with Crippen LogP contribution in [0.2, 0.25) is 0 Å². The molecule has 4 rings (SSSR count). The van der Waals surface area contributed by atoms with E-state index in [1.807, 2.05) is 6.92 Å². The summed E-state index contributed by atoms with van der Waals surface area (Å²) < 4.78 is 11.2. The smallest absolute Gasteiger partial charge is 0.338 e. The Kier molecular flexibility index (Phi) is 1.15. The SMILES string of the molecule is C[C@]12CC[C@@H]3[C@H](C1)OC(=O)[C@]3(C)O2. The zero-order chi connectivity index (χ0) is 9.27. The van der Waals surface area contributed by atoms with Crippen molar-refractivity contribution in [3.8, 4) is 0 Å². The van der Waals surface area contributed by atoms with E-state index in [1.165, 1.54) is 0 Å². The lowest BCUT2D eigenvalue weighted by atomic mass is 9.68. The Morgan fingerprint density at radius 2 is 2.23 bits per heavy atom. The number of esters is 1. The van der Waals surface area contributed by atoms with Crippen LogP contribution >= 0.6 is 0 Å². The highest BCUT2D eigenvalue weighted by Gasteiger charge is 2.65. The molecule has 0 aromatic carbocycles. The summed E-state index contributed by atoms with van der Waals surface area (Å²) in [6.07, 6.45) is 3.16. The van der Waals surface area contributed by atoms with Crippen LogP contribution in [-0.4, -0.2) is 23.3 Å². The molecule has 3 nitrogen and oxygen atoms in total. The molecule has 4 bridgehead atoms.